The third kappa shape index (κ3) is 4.52. The molecule has 0 atom stereocenters. The molecule has 1 amide bonds. The monoisotopic (exact) mass is 475 g/mol. The number of hydrogen-bond donors (Lipinski definition) is 1. The summed E-state index contributed by atoms with van der Waals surface area (Å²) >= 11 is 7.59. The fourth-order valence-corrected chi connectivity index (χ4v) is 6.09. The Bertz CT molecular complexity index is 1230. The van der Waals surface area contributed by atoms with E-state index in [4.69, 9.17) is 11.6 Å². The SMILES string of the molecule is Cc1ccc(-c2nc(NC(=O)c3cc(S(=O)(=O)N4CCCC4)ccc3Cl)sc2C)cc1. The van der Waals surface area contributed by atoms with Crippen LogP contribution in [-0.2, 0) is 10.0 Å². The van der Waals surface area contributed by atoms with Crippen molar-refractivity contribution in [2.75, 3.05) is 18.4 Å². The maximum Gasteiger partial charge on any atom is 0.259 e. The van der Waals surface area contributed by atoms with Gasteiger partial charge in [-0.3, -0.25) is 10.1 Å². The Hall–Kier alpha value is -2.26. The number of thiazole rings is 1. The molecule has 4 rings (SSSR count). The van der Waals surface area contributed by atoms with E-state index in [1.54, 1.807) is 0 Å². The second-order valence-corrected chi connectivity index (χ2v) is 11.0. The Labute approximate surface area is 190 Å². The maximum atomic E-state index is 12.9. The lowest BCUT2D eigenvalue weighted by molar-refractivity contribution is 0.102. The molecule has 0 unspecified atom stereocenters. The molecule has 1 saturated heterocycles. The molecule has 2 heterocycles. The van der Waals surface area contributed by atoms with Gasteiger partial charge in [-0.25, -0.2) is 13.4 Å². The van der Waals surface area contributed by atoms with Crippen molar-refractivity contribution in [2.24, 2.45) is 0 Å². The van der Waals surface area contributed by atoms with Gasteiger partial charge in [0.05, 0.1) is 21.2 Å². The lowest BCUT2D eigenvalue weighted by atomic mass is 10.1. The van der Waals surface area contributed by atoms with Crippen LogP contribution in [0, 0.1) is 13.8 Å². The zero-order valence-electron chi connectivity index (χ0n) is 17.2. The number of aromatic nitrogens is 1. The summed E-state index contributed by atoms with van der Waals surface area (Å²) in [6, 6.07) is 12.2. The average Bonchev–Trinajstić information content (AvgIpc) is 3.39. The van der Waals surface area contributed by atoms with Crippen molar-refractivity contribution in [3.05, 3.63) is 63.5 Å². The van der Waals surface area contributed by atoms with E-state index in [0.29, 0.717) is 18.2 Å². The first-order chi connectivity index (χ1) is 14.8. The highest BCUT2D eigenvalue weighted by Crippen LogP contribution is 2.32. The van der Waals surface area contributed by atoms with E-state index in [1.165, 1.54) is 33.8 Å². The number of carbonyl (C=O) groups is 1. The molecule has 2 aromatic carbocycles. The van der Waals surface area contributed by atoms with Crippen LogP contribution in [0.4, 0.5) is 5.13 Å². The maximum absolute atomic E-state index is 12.9. The third-order valence-electron chi connectivity index (χ3n) is 5.23. The van der Waals surface area contributed by atoms with Gasteiger partial charge in [0.2, 0.25) is 10.0 Å². The highest BCUT2D eigenvalue weighted by Gasteiger charge is 2.28. The van der Waals surface area contributed by atoms with Gasteiger partial charge in [0.25, 0.3) is 5.91 Å². The van der Waals surface area contributed by atoms with Crippen LogP contribution in [0.1, 0.15) is 33.6 Å². The van der Waals surface area contributed by atoms with Crippen molar-refractivity contribution < 1.29 is 13.2 Å². The zero-order valence-corrected chi connectivity index (χ0v) is 19.6. The first kappa shape index (κ1) is 22.0. The highest BCUT2D eigenvalue weighted by molar-refractivity contribution is 7.89. The number of nitrogens with zero attached hydrogens (tertiary/aromatic N) is 2. The molecule has 1 fully saturated rings. The molecule has 162 valence electrons. The van der Waals surface area contributed by atoms with E-state index in [-0.39, 0.29) is 15.5 Å². The highest BCUT2D eigenvalue weighted by atomic mass is 35.5. The largest absolute Gasteiger partial charge is 0.298 e. The molecular formula is C22H22ClN3O3S2. The summed E-state index contributed by atoms with van der Waals surface area (Å²) in [4.78, 5) is 18.5. The van der Waals surface area contributed by atoms with Gasteiger partial charge in [0.15, 0.2) is 5.13 Å². The average molecular weight is 476 g/mol. The first-order valence-corrected chi connectivity index (χ1v) is 12.5. The molecule has 31 heavy (non-hydrogen) atoms. The van der Waals surface area contributed by atoms with E-state index < -0.39 is 15.9 Å². The van der Waals surface area contributed by atoms with Crippen molar-refractivity contribution in [1.29, 1.82) is 0 Å². The van der Waals surface area contributed by atoms with Gasteiger partial charge in [-0.05, 0) is 44.9 Å². The van der Waals surface area contributed by atoms with E-state index in [9.17, 15) is 13.2 Å². The van der Waals surface area contributed by atoms with Crippen LogP contribution in [0.15, 0.2) is 47.4 Å². The number of carbonyl (C=O) groups excluding carboxylic acids is 1. The van der Waals surface area contributed by atoms with Crippen LogP contribution in [0.3, 0.4) is 0 Å². The van der Waals surface area contributed by atoms with Crippen molar-refractivity contribution in [3.63, 3.8) is 0 Å². The lowest BCUT2D eigenvalue weighted by Gasteiger charge is -2.16. The van der Waals surface area contributed by atoms with Crippen LogP contribution < -0.4 is 5.32 Å². The van der Waals surface area contributed by atoms with Crippen LogP contribution in [0.5, 0.6) is 0 Å². The summed E-state index contributed by atoms with van der Waals surface area (Å²) in [5, 5.41) is 3.38. The third-order valence-corrected chi connectivity index (χ3v) is 8.34. The summed E-state index contributed by atoms with van der Waals surface area (Å²) in [6.07, 6.45) is 1.68. The van der Waals surface area contributed by atoms with Crippen LogP contribution in [0.25, 0.3) is 11.3 Å². The minimum atomic E-state index is -3.64. The Morgan fingerprint density at radius 1 is 1.10 bits per heavy atom. The number of aryl methyl sites for hydroxylation is 2. The van der Waals surface area contributed by atoms with E-state index in [1.807, 2.05) is 38.1 Å². The molecule has 0 spiro atoms. The number of benzene rings is 2. The van der Waals surface area contributed by atoms with Gasteiger partial charge in [0, 0.05) is 23.5 Å². The number of amides is 1. The fraction of sp³-hybridized carbons (Fsp3) is 0.273. The molecule has 0 radical (unpaired) electrons. The summed E-state index contributed by atoms with van der Waals surface area (Å²) < 4.78 is 27.1. The molecule has 3 aromatic rings. The van der Waals surface area contributed by atoms with Gasteiger partial charge in [-0.1, -0.05) is 41.4 Å². The van der Waals surface area contributed by atoms with Crippen molar-refractivity contribution >= 4 is 44.0 Å². The number of halogens is 1. The smallest absolute Gasteiger partial charge is 0.259 e. The molecular weight excluding hydrogens is 454 g/mol. The molecule has 1 aromatic heterocycles. The Morgan fingerprint density at radius 2 is 1.77 bits per heavy atom. The van der Waals surface area contributed by atoms with Gasteiger partial charge < -0.3 is 0 Å². The normalized spacial score (nSPS) is 14.7. The molecule has 0 saturated carbocycles. The molecule has 0 bridgehead atoms. The van der Waals surface area contributed by atoms with Crippen molar-refractivity contribution in [3.8, 4) is 11.3 Å². The molecule has 6 nitrogen and oxygen atoms in total. The van der Waals surface area contributed by atoms with Crippen LogP contribution >= 0.6 is 22.9 Å². The standard InChI is InChI=1S/C22H22ClN3O3S2/c1-14-5-7-16(8-6-14)20-15(2)30-22(24-20)25-21(27)18-13-17(9-10-19(18)23)31(28,29)26-11-3-4-12-26/h5-10,13H,3-4,11-12H2,1-2H3,(H,24,25,27). The van der Waals surface area contributed by atoms with E-state index in [0.717, 1.165) is 34.5 Å². The van der Waals surface area contributed by atoms with Gasteiger partial charge in [0.1, 0.15) is 0 Å². The van der Waals surface area contributed by atoms with Crippen molar-refractivity contribution in [1.82, 2.24) is 9.29 Å². The van der Waals surface area contributed by atoms with Crippen LogP contribution in [0.2, 0.25) is 5.02 Å². The second kappa shape index (κ2) is 8.70. The second-order valence-electron chi connectivity index (χ2n) is 7.50. The van der Waals surface area contributed by atoms with Gasteiger partial charge in [-0.15, -0.1) is 11.3 Å². The number of sulfonamides is 1. The Morgan fingerprint density at radius 3 is 2.45 bits per heavy atom. The summed E-state index contributed by atoms with van der Waals surface area (Å²) in [7, 11) is -3.64. The Kier molecular flexibility index (Phi) is 6.16. The first-order valence-electron chi connectivity index (χ1n) is 9.91. The summed E-state index contributed by atoms with van der Waals surface area (Å²) in [5.74, 6) is -0.493. The van der Waals surface area contributed by atoms with E-state index >= 15 is 0 Å². The van der Waals surface area contributed by atoms with Gasteiger partial charge in [-0.2, -0.15) is 4.31 Å². The Balaban J connectivity index is 1.59. The summed E-state index contributed by atoms with van der Waals surface area (Å²) in [6.45, 7) is 4.95. The minimum absolute atomic E-state index is 0.0691. The molecule has 1 aliphatic rings. The van der Waals surface area contributed by atoms with Gasteiger partial charge >= 0.3 is 0 Å². The topological polar surface area (TPSA) is 79.4 Å². The predicted octanol–water partition coefficient (Wildman–Crippen LogP) is 5.12. The van der Waals surface area contributed by atoms with E-state index in [2.05, 4.69) is 10.3 Å². The summed E-state index contributed by atoms with van der Waals surface area (Å²) in [5.41, 5.74) is 3.03. The lowest BCUT2D eigenvalue weighted by Crippen LogP contribution is -2.28. The molecule has 1 aliphatic heterocycles. The fourth-order valence-electron chi connectivity index (χ4n) is 3.51. The predicted molar refractivity (Wildman–Crippen MR) is 124 cm³/mol. The quantitative estimate of drug-likeness (QED) is 0.555. The molecule has 1 N–H and O–H groups in total. The van der Waals surface area contributed by atoms with Crippen LogP contribution in [-0.4, -0.2) is 36.7 Å². The van der Waals surface area contributed by atoms with Crippen molar-refractivity contribution in [2.45, 2.75) is 31.6 Å². The minimum Gasteiger partial charge on any atom is -0.298 e. The molecule has 9 heteroatoms. The number of anilines is 1. The zero-order chi connectivity index (χ0) is 22.2. The number of rotatable bonds is 5. The number of nitrogens with one attached hydrogen (secondary N) is 1. The molecule has 0 aliphatic carbocycles. The number of hydrogen-bond acceptors (Lipinski definition) is 5.